The standard InChI is InChI=1S/C16H27N3O2/c1-13-6-8-15(9-7-13)21-11-5-4-10-18-16(17)19-14(2)12-20-3/h6-9,14H,4-5,10-12H2,1-3H3,(H3,17,18,19). The first-order valence-corrected chi connectivity index (χ1v) is 7.36. The van der Waals surface area contributed by atoms with Gasteiger partial charge in [0.05, 0.1) is 13.2 Å². The quantitative estimate of drug-likeness (QED) is 0.415. The van der Waals surface area contributed by atoms with E-state index < -0.39 is 0 Å². The van der Waals surface area contributed by atoms with Crippen molar-refractivity contribution in [2.24, 2.45) is 10.7 Å². The highest BCUT2D eigenvalue weighted by Gasteiger charge is 2.00. The van der Waals surface area contributed by atoms with Gasteiger partial charge in [-0.15, -0.1) is 0 Å². The molecule has 0 aliphatic rings. The van der Waals surface area contributed by atoms with E-state index in [9.17, 15) is 0 Å². The summed E-state index contributed by atoms with van der Waals surface area (Å²) in [5.74, 6) is 1.39. The van der Waals surface area contributed by atoms with Crippen LogP contribution in [-0.2, 0) is 4.74 Å². The molecule has 118 valence electrons. The second-order valence-corrected chi connectivity index (χ2v) is 5.14. The van der Waals surface area contributed by atoms with Crippen LogP contribution >= 0.6 is 0 Å². The lowest BCUT2D eigenvalue weighted by Gasteiger charge is -2.13. The van der Waals surface area contributed by atoms with Crippen LogP contribution in [0.25, 0.3) is 0 Å². The number of rotatable bonds is 9. The first-order chi connectivity index (χ1) is 10.1. The summed E-state index contributed by atoms with van der Waals surface area (Å²) in [6, 6.07) is 8.25. The summed E-state index contributed by atoms with van der Waals surface area (Å²) in [5, 5.41) is 3.07. The molecule has 0 saturated heterocycles. The molecule has 5 nitrogen and oxygen atoms in total. The topological polar surface area (TPSA) is 68.9 Å². The van der Waals surface area contributed by atoms with Crippen LogP contribution in [0.2, 0.25) is 0 Å². The highest BCUT2D eigenvalue weighted by atomic mass is 16.5. The van der Waals surface area contributed by atoms with Gasteiger partial charge in [0.25, 0.3) is 0 Å². The molecule has 3 N–H and O–H groups in total. The summed E-state index contributed by atoms with van der Waals surface area (Å²) in [5.41, 5.74) is 7.02. The number of ether oxygens (including phenoxy) is 2. The van der Waals surface area contributed by atoms with Gasteiger partial charge in [0, 0.05) is 19.7 Å². The van der Waals surface area contributed by atoms with Crippen molar-refractivity contribution in [2.45, 2.75) is 32.7 Å². The molecule has 1 aromatic carbocycles. The second-order valence-electron chi connectivity index (χ2n) is 5.14. The van der Waals surface area contributed by atoms with Gasteiger partial charge < -0.3 is 20.5 Å². The maximum atomic E-state index is 5.78. The van der Waals surface area contributed by atoms with E-state index in [1.165, 1.54) is 5.56 Å². The molecule has 0 amide bonds. The molecule has 0 saturated carbocycles. The normalized spacial score (nSPS) is 13.0. The van der Waals surface area contributed by atoms with Gasteiger partial charge in [0.2, 0.25) is 0 Å². The fourth-order valence-corrected chi connectivity index (χ4v) is 1.83. The molecular formula is C16H27N3O2. The number of hydrogen-bond acceptors (Lipinski definition) is 3. The molecule has 0 radical (unpaired) electrons. The van der Waals surface area contributed by atoms with Crippen LogP contribution in [0.1, 0.15) is 25.3 Å². The Labute approximate surface area is 127 Å². The molecule has 1 unspecified atom stereocenters. The van der Waals surface area contributed by atoms with Gasteiger partial charge in [-0.3, -0.25) is 4.99 Å². The van der Waals surface area contributed by atoms with Gasteiger partial charge in [-0.2, -0.15) is 0 Å². The predicted octanol–water partition coefficient (Wildman–Crippen LogP) is 2.09. The first-order valence-electron chi connectivity index (χ1n) is 7.36. The average Bonchev–Trinajstić information content (AvgIpc) is 2.44. The molecule has 0 fully saturated rings. The Balaban J connectivity index is 2.09. The summed E-state index contributed by atoms with van der Waals surface area (Å²) >= 11 is 0. The summed E-state index contributed by atoms with van der Waals surface area (Å²) in [6.45, 7) is 6.08. The Morgan fingerprint density at radius 2 is 2.00 bits per heavy atom. The van der Waals surface area contributed by atoms with Crippen LogP contribution in [0.5, 0.6) is 5.75 Å². The fraction of sp³-hybridized carbons (Fsp3) is 0.562. The average molecular weight is 293 g/mol. The van der Waals surface area contributed by atoms with Crippen molar-refractivity contribution in [3.05, 3.63) is 29.8 Å². The van der Waals surface area contributed by atoms with Crippen LogP contribution < -0.4 is 15.8 Å². The number of guanidine groups is 1. The van der Waals surface area contributed by atoms with Gasteiger partial charge in [0.15, 0.2) is 5.96 Å². The highest BCUT2D eigenvalue weighted by Crippen LogP contribution is 2.11. The third-order valence-corrected chi connectivity index (χ3v) is 2.94. The second kappa shape index (κ2) is 10.0. The lowest BCUT2D eigenvalue weighted by molar-refractivity contribution is 0.179. The fourth-order valence-electron chi connectivity index (χ4n) is 1.83. The molecule has 21 heavy (non-hydrogen) atoms. The maximum Gasteiger partial charge on any atom is 0.188 e. The van der Waals surface area contributed by atoms with E-state index in [4.69, 9.17) is 15.2 Å². The molecule has 0 aliphatic carbocycles. The van der Waals surface area contributed by atoms with E-state index in [2.05, 4.69) is 17.2 Å². The van der Waals surface area contributed by atoms with E-state index in [1.54, 1.807) is 7.11 Å². The van der Waals surface area contributed by atoms with E-state index in [-0.39, 0.29) is 6.04 Å². The molecule has 1 aromatic rings. The molecule has 1 atom stereocenters. The van der Waals surface area contributed by atoms with Gasteiger partial charge in [-0.05, 0) is 38.8 Å². The monoisotopic (exact) mass is 293 g/mol. The number of unbranched alkanes of at least 4 members (excludes halogenated alkanes) is 1. The Hall–Kier alpha value is -1.75. The number of benzene rings is 1. The molecule has 0 aliphatic heterocycles. The summed E-state index contributed by atoms with van der Waals surface area (Å²) in [6.07, 6.45) is 1.91. The zero-order chi connectivity index (χ0) is 15.5. The molecule has 0 spiro atoms. The number of nitrogens with one attached hydrogen (secondary N) is 1. The largest absolute Gasteiger partial charge is 0.494 e. The van der Waals surface area contributed by atoms with Crippen molar-refractivity contribution in [1.29, 1.82) is 0 Å². The van der Waals surface area contributed by atoms with Crippen molar-refractivity contribution in [1.82, 2.24) is 5.32 Å². The number of aliphatic imine (C=N–C) groups is 1. The van der Waals surface area contributed by atoms with Crippen molar-refractivity contribution in [3.8, 4) is 5.75 Å². The number of nitrogens with zero attached hydrogens (tertiary/aromatic N) is 1. The Kier molecular flexibility index (Phi) is 8.28. The van der Waals surface area contributed by atoms with Crippen LogP contribution in [-0.4, -0.2) is 38.9 Å². The summed E-state index contributed by atoms with van der Waals surface area (Å²) in [4.78, 5) is 4.27. The van der Waals surface area contributed by atoms with E-state index in [0.717, 1.165) is 18.6 Å². The minimum absolute atomic E-state index is 0.170. The lowest BCUT2D eigenvalue weighted by Crippen LogP contribution is -2.40. The van der Waals surface area contributed by atoms with Crippen molar-refractivity contribution in [2.75, 3.05) is 26.9 Å². The minimum Gasteiger partial charge on any atom is -0.494 e. The molecule has 0 aromatic heterocycles. The van der Waals surface area contributed by atoms with Crippen LogP contribution in [0.3, 0.4) is 0 Å². The minimum atomic E-state index is 0.170. The smallest absolute Gasteiger partial charge is 0.188 e. The number of methoxy groups -OCH3 is 1. The molecule has 0 heterocycles. The summed E-state index contributed by atoms with van der Waals surface area (Å²) in [7, 11) is 1.67. The van der Waals surface area contributed by atoms with Gasteiger partial charge in [0.1, 0.15) is 5.75 Å². The Bertz CT molecular complexity index is 418. The number of aryl methyl sites for hydroxylation is 1. The third-order valence-electron chi connectivity index (χ3n) is 2.94. The zero-order valence-electron chi connectivity index (χ0n) is 13.3. The van der Waals surface area contributed by atoms with E-state index >= 15 is 0 Å². The van der Waals surface area contributed by atoms with Crippen LogP contribution in [0.15, 0.2) is 29.3 Å². The van der Waals surface area contributed by atoms with Gasteiger partial charge >= 0.3 is 0 Å². The number of nitrogens with two attached hydrogens (primary N) is 1. The van der Waals surface area contributed by atoms with Crippen molar-refractivity contribution in [3.63, 3.8) is 0 Å². The highest BCUT2D eigenvalue weighted by molar-refractivity contribution is 5.78. The zero-order valence-corrected chi connectivity index (χ0v) is 13.3. The summed E-state index contributed by atoms with van der Waals surface area (Å²) < 4.78 is 10.7. The molecule has 5 heteroatoms. The van der Waals surface area contributed by atoms with Crippen LogP contribution in [0, 0.1) is 6.92 Å². The van der Waals surface area contributed by atoms with Crippen LogP contribution in [0.4, 0.5) is 0 Å². The van der Waals surface area contributed by atoms with Gasteiger partial charge in [-0.1, -0.05) is 17.7 Å². The van der Waals surface area contributed by atoms with Crippen molar-refractivity contribution >= 4 is 5.96 Å². The predicted molar refractivity (Wildman–Crippen MR) is 86.9 cm³/mol. The van der Waals surface area contributed by atoms with Gasteiger partial charge in [-0.25, -0.2) is 0 Å². The van der Waals surface area contributed by atoms with E-state index in [0.29, 0.717) is 25.7 Å². The lowest BCUT2D eigenvalue weighted by atomic mass is 10.2. The molecular weight excluding hydrogens is 266 g/mol. The Morgan fingerprint density at radius 3 is 2.67 bits per heavy atom. The SMILES string of the molecule is COCC(C)NC(N)=NCCCCOc1ccc(C)cc1. The van der Waals surface area contributed by atoms with Crippen molar-refractivity contribution < 1.29 is 9.47 Å². The number of hydrogen-bond donors (Lipinski definition) is 2. The maximum absolute atomic E-state index is 5.78. The third kappa shape index (κ3) is 8.19. The molecule has 0 bridgehead atoms. The molecule has 1 rings (SSSR count). The first kappa shape index (κ1) is 17.3. The Morgan fingerprint density at radius 1 is 1.29 bits per heavy atom. The van der Waals surface area contributed by atoms with E-state index in [1.807, 2.05) is 31.2 Å².